The highest BCUT2D eigenvalue weighted by Gasteiger charge is 2.06. The molecule has 0 atom stereocenters. The van der Waals surface area contributed by atoms with Crippen LogP contribution in [0.1, 0.15) is 41.6 Å². The Kier molecular flexibility index (Phi) is 6.83. The van der Waals surface area contributed by atoms with Crippen molar-refractivity contribution in [3.05, 3.63) is 32.9 Å². The molecule has 19 heavy (non-hydrogen) atoms. The first kappa shape index (κ1) is 15.9. The molecule has 0 aromatic heterocycles. The molecule has 2 N–H and O–H groups in total. The predicted octanol–water partition coefficient (Wildman–Crippen LogP) is 2.97. The average molecular weight is 375 g/mol. The molecule has 104 valence electrons. The molecule has 0 unspecified atom stereocenters. The van der Waals surface area contributed by atoms with Crippen molar-refractivity contribution in [2.75, 3.05) is 6.54 Å². The summed E-state index contributed by atoms with van der Waals surface area (Å²) < 4.78 is 1.08. The molecule has 0 aliphatic heterocycles. The molecule has 0 heterocycles. The Bertz CT molecular complexity index is 460. The molecule has 1 aromatic carbocycles. The van der Waals surface area contributed by atoms with Crippen LogP contribution in [0.2, 0.25) is 0 Å². The van der Waals surface area contributed by atoms with Crippen LogP contribution in [0, 0.1) is 10.5 Å². The van der Waals surface area contributed by atoms with Gasteiger partial charge in [0, 0.05) is 22.1 Å². The van der Waals surface area contributed by atoms with E-state index in [2.05, 4.69) is 27.9 Å². The van der Waals surface area contributed by atoms with Gasteiger partial charge in [0.1, 0.15) is 0 Å². The van der Waals surface area contributed by atoms with Crippen LogP contribution in [0.15, 0.2) is 18.2 Å². The van der Waals surface area contributed by atoms with Gasteiger partial charge in [-0.05, 0) is 60.1 Å². The lowest BCUT2D eigenvalue weighted by Crippen LogP contribution is -2.24. The zero-order valence-corrected chi connectivity index (χ0v) is 13.1. The summed E-state index contributed by atoms with van der Waals surface area (Å²) in [7, 11) is 0. The summed E-state index contributed by atoms with van der Waals surface area (Å²) in [6.07, 6.45) is 2.48. The van der Waals surface area contributed by atoms with Crippen LogP contribution in [0.3, 0.4) is 0 Å². The summed E-state index contributed by atoms with van der Waals surface area (Å²) in [5.74, 6) is -0.839. The first-order valence-electron chi connectivity index (χ1n) is 6.27. The molecule has 0 saturated carbocycles. The fourth-order valence-electron chi connectivity index (χ4n) is 1.62. The SMILES string of the molecule is Cc1ccc(C(=O)NCCCCCC(=O)O)cc1I. The topological polar surface area (TPSA) is 66.4 Å². The summed E-state index contributed by atoms with van der Waals surface area (Å²) in [5, 5.41) is 11.3. The van der Waals surface area contributed by atoms with Crippen LogP contribution in [0.4, 0.5) is 0 Å². The molecule has 0 spiro atoms. The Morgan fingerprint density at radius 2 is 2.00 bits per heavy atom. The lowest BCUT2D eigenvalue weighted by Gasteiger charge is -2.06. The van der Waals surface area contributed by atoms with E-state index in [1.807, 2.05) is 25.1 Å². The van der Waals surface area contributed by atoms with E-state index in [1.54, 1.807) is 0 Å². The number of hydrogen-bond donors (Lipinski definition) is 2. The van der Waals surface area contributed by atoms with Gasteiger partial charge in [0.25, 0.3) is 5.91 Å². The molecule has 1 amide bonds. The van der Waals surface area contributed by atoms with E-state index >= 15 is 0 Å². The minimum absolute atomic E-state index is 0.0730. The van der Waals surface area contributed by atoms with Crippen LogP contribution in [0.25, 0.3) is 0 Å². The Morgan fingerprint density at radius 1 is 1.26 bits per heavy atom. The molecule has 4 nitrogen and oxygen atoms in total. The van der Waals surface area contributed by atoms with Gasteiger partial charge in [-0.25, -0.2) is 0 Å². The van der Waals surface area contributed by atoms with Gasteiger partial charge in [0.05, 0.1) is 0 Å². The van der Waals surface area contributed by atoms with E-state index in [4.69, 9.17) is 5.11 Å². The standard InChI is InChI=1S/C14H18INO3/c1-10-6-7-11(9-12(10)15)14(19)16-8-4-2-3-5-13(17)18/h6-7,9H,2-5,8H2,1H3,(H,16,19)(H,17,18). The molecular weight excluding hydrogens is 357 g/mol. The second-order valence-electron chi connectivity index (χ2n) is 4.42. The third kappa shape index (κ3) is 6.04. The number of hydrogen-bond acceptors (Lipinski definition) is 2. The maximum Gasteiger partial charge on any atom is 0.303 e. The highest BCUT2D eigenvalue weighted by Crippen LogP contribution is 2.13. The first-order chi connectivity index (χ1) is 9.00. The third-order valence-corrected chi connectivity index (χ3v) is 3.95. The van der Waals surface area contributed by atoms with Crippen LogP contribution in [-0.4, -0.2) is 23.5 Å². The van der Waals surface area contributed by atoms with Gasteiger partial charge >= 0.3 is 5.97 Å². The molecule has 0 aliphatic carbocycles. The van der Waals surface area contributed by atoms with Gasteiger partial charge in [-0.2, -0.15) is 0 Å². The van der Waals surface area contributed by atoms with Crippen molar-refractivity contribution in [2.24, 2.45) is 0 Å². The van der Waals surface area contributed by atoms with E-state index in [1.165, 1.54) is 0 Å². The molecule has 1 aromatic rings. The predicted molar refractivity (Wildman–Crippen MR) is 82.3 cm³/mol. The smallest absolute Gasteiger partial charge is 0.303 e. The maximum atomic E-state index is 11.8. The number of nitrogens with one attached hydrogen (secondary N) is 1. The van der Waals surface area contributed by atoms with E-state index in [0.717, 1.165) is 22.0 Å². The Balaban J connectivity index is 2.27. The second-order valence-corrected chi connectivity index (χ2v) is 5.59. The fraction of sp³-hybridized carbons (Fsp3) is 0.429. The monoisotopic (exact) mass is 375 g/mol. The average Bonchev–Trinajstić information content (AvgIpc) is 2.36. The summed E-state index contributed by atoms with van der Waals surface area (Å²) in [5.41, 5.74) is 1.83. The maximum absolute atomic E-state index is 11.8. The van der Waals surface area contributed by atoms with Crippen LogP contribution >= 0.6 is 22.6 Å². The van der Waals surface area contributed by atoms with Gasteiger partial charge in [0.2, 0.25) is 0 Å². The number of unbranched alkanes of at least 4 members (excludes halogenated alkanes) is 2. The van der Waals surface area contributed by atoms with Gasteiger partial charge < -0.3 is 10.4 Å². The van der Waals surface area contributed by atoms with Crippen molar-refractivity contribution in [3.63, 3.8) is 0 Å². The quantitative estimate of drug-likeness (QED) is 0.569. The summed E-state index contributed by atoms with van der Waals surface area (Å²) in [6.45, 7) is 2.59. The van der Waals surface area contributed by atoms with E-state index in [9.17, 15) is 9.59 Å². The molecular formula is C14H18INO3. The number of carboxylic acid groups (broad SMARTS) is 1. The van der Waals surface area contributed by atoms with Crippen molar-refractivity contribution in [1.29, 1.82) is 0 Å². The molecule has 0 radical (unpaired) electrons. The van der Waals surface area contributed by atoms with Crippen LogP contribution in [0.5, 0.6) is 0 Å². The zero-order valence-electron chi connectivity index (χ0n) is 10.9. The van der Waals surface area contributed by atoms with E-state index in [0.29, 0.717) is 18.5 Å². The van der Waals surface area contributed by atoms with Crippen molar-refractivity contribution >= 4 is 34.5 Å². The minimum Gasteiger partial charge on any atom is -0.481 e. The first-order valence-corrected chi connectivity index (χ1v) is 7.34. The lowest BCUT2D eigenvalue weighted by molar-refractivity contribution is -0.137. The van der Waals surface area contributed by atoms with Gasteiger partial charge in [-0.3, -0.25) is 9.59 Å². The van der Waals surface area contributed by atoms with Crippen molar-refractivity contribution in [2.45, 2.75) is 32.6 Å². The van der Waals surface area contributed by atoms with Crippen LogP contribution in [-0.2, 0) is 4.79 Å². The minimum atomic E-state index is -0.765. The Morgan fingerprint density at radius 3 is 2.63 bits per heavy atom. The molecule has 0 aliphatic rings. The second kappa shape index (κ2) is 8.14. The molecule has 1 rings (SSSR count). The van der Waals surface area contributed by atoms with Crippen molar-refractivity contribution < 1.29 is 14.7 Å². The molecule has 0 saturated heterocycles. The molecule has 0 bridgehead atoms. The number of aliphatic carboxylic acids is 1. The number of benzene rings is 1. The lowest BCUT2D eigenvalue weighted by atomic mass is 10.1. The van der Waals surface area contributed by atoms with Crippen LogP contribution < -0.4 is 5.32 Å². The van der Waals surface area contributed by atoms with Crippen molar-refractivity contribution in [3.8, 4) is 0 Å². The summed E-state index contributed by atoms with van der Waals surface area (Å²) >= 11 is 2.21. The van der Waals surface area contributed by atoms with E-state index in [-0.39, 0.29) is 12.3 Å². The van der Waals surface area contributed by atoms with Gasteiger partial charge in [-0.1, -0.05) is 12.5 Å². The number of amides is 1. The van der Waals surface area contributed by atoms with Gasteiger partial charge in [-0.15, -0.1) is 0 Å². The molecule has 0 fully saturated rings. The molecule has 5 heteroatoms. The van der Waals surface area contributed by atoms with E-state index < -0.39 is 5.97 Å². The normalized spacial score (nSPS) is 10.2. The number of carboxylic acids is 1. The largest absolute Gasteiger partial charge is 0.481 e. The zero-order chi connectivity index (χ0) is 14.3. The fourth-order valence-corrected chi connectivity index (χ4v) is 2.13. The number of halogens is 1. The third-order valence-electron chi connectivity index (χ3n) is 2.79. The summed E-state index contributed by atoms with van der Waals surface area (Å²) in [4.78, 5) is 22.2. The summed E-state index contributed by atoms with van der Waals surface area (Å²) in [6, 6.07) is 5.62. The highest BCUT2D eigenvalue weighted by molar-refractivity contribution is 14.1. The van der Waals surface area contributed by atoms with Gasteiger partial charge in [0.15, 0.2) is 0 Å². The number of carbonyl (C=O) groups is 2. The number of carbonyl (C=O) groups excluding carboxylic acids is 1. The van der Waals surface area contributed by atoms with Crippen molar-refractivity contribution in [1.82, 2.24) is 5.32 Å². The Labute approximate surface area is 126 Å². The number of rotatable bonds is 7. The highest BCUT2D eigenvalue weighted by atomic mass is 127. The number of aryl methyl sites for hydroxylation is 1. The Hall–Kier alpha value is -1.11.